The lowest BCUT2D eigenvalue weighted by molar-refractivity contribution is -0.137. The Balaban J connectivity index is 1.49. The summed E-state index contributed by atoms with van der Waals surface area (Å²) < 4.78 is 23.8. The van der Waals surface area contributed by atoms with Crippen molar-refractivity contribution < 1.29 is 18.7 Å². The van der Waals surface area contributed by atoms with Crippen LogP contribution in [0.15, 0.2) is 24.3 Å². The van der Waals surface area contributed by atoms with Crippen LogP contribution in [0.2, 0.25) is 0 Å². The number of ether oxygens (including phenoxy) is 2. The molecule has 2 fully saturated rings. The molecule has 4 nitrogen and oxygen atoms in total. The molecule has 1 atom stereocenters. The molecule has 0 N–H and O–H groups in total. The zero-order valence-corrected chi connectivity index (χ0v) is 12.7. The summed E-state index contributed by atoms with van der Waals surface area (Å²) in [5, 5.41) is 0. The summed E-state index contributed by atoms with van der Waals surface area (Å²) >= 11 is 0. The van der Waals surface area contributed by atoms with Gasteiger partial charge in [-0.15, -0.1) is 0 Å². The molecule has 0 spiro atoms. The van der Waals surface area contributed by atoms with Crippen molar-refractivity contribution in [2.24, 2.45) is 5.92 Å². The first-order valence-electron chi connectivity index (χ1n) is 7.92. The zero-order chi connectivity index (χ0) is 15.4. The van der Waals surface area contributed by atoms with E-state index in [4.69, 9.17) is 9.47 Å². The van der Waals surface area contributed by atoms with Gasteiger partial charge in [-0.3, -0.25) is 4.79 Å². The summed E-state index contributed by atoms with van der Waals surface area (Å²) in [5.41, 5.74) is 0.950. The summed E-state index contributed by atoms with van der Waals surface area (Å²) in [5.74, 6) is 0.181. The van der Waals surface area contributed by atoms with E-state index in [1.165, 1.54) is 12.1 Å². The molecule has 1 heterocycles. The van der Waals surface area contributed by atoms with E-state index in [9.17, 15) is 9.18 Å². The summed E-state index contributed by atoms with van der Waals surface area (Å²) in [6.07, 6.45) is 3.10. The van der Waals surface area contributed by atoms with Crippen LogP contribution in [0, 0.1) is 11.7 Å². The Morgan fingerprint density at radius 2 is 2.05 bits per heavy atom. The Bertz CT molecular complexity index is 495. The highest BCUT2D eigenvalue weighted by Gasteiger charge is 2.32. The van der Waals surface area contributed by atoms with Crippen molar-refractivity contribution in [3.05, 3.63) is 35.6 Å². The van der Waals surface area contributed by atoms with E-state index in [0.29, 0.717) is 25.1 Å². The average Bonchev–Trinajstić information content (AvgIpc) is 3.23. The fourth-order valence-electron chi connectivity index (χ4n) is 2.70. The molecule has 1 aromatic carbocycles. The molecule has 5 heteroatoms. The summed E-state index contributed by atoms with van der Waals surface area (Å²) in [7, 11) is 0. The van der Waals surface area contributed by atoms with Crippen molar-refractivity contribution in [2.45, 2.75) is 31.8 Å². The van der Waals surface area contributed by atoms with Crippen molar-refractivity contribution in [3.8, 4) is 0 Å². The number of halogens is 1. The highest BCUT2D eigenvalue weighted by atomic mass is 19.1. The Hall–Kier alpha value is -1.46. The van der Waals surface area contributed by atoms with Crippen LogP contribution in [0.1, 0.15) is 24.8 Å². The topological polar surface area (TPSA) is 38.8 Å². The maximum Gasteiger partial charge on any atom is 0.249 e. The smallest absolute Gasteiger partial charge is 0.249 e. The van der Waals surface area contributed by atoms with Gasteiger partial charge in [0.1, 0.15) is 12.4 Å². The maximum absolute atomic E-state index is 13.0. The van der Waals surface area contributed by atoms with Gasteiger partial charge >= 0.3 is 0 Å². The van der Waals surface area contributed by atoms with Crippen LogP contribution >= 0.6 is 0 Å². The van der Waals surface area contributed by atoms with Crippen LogP contribution in [-0.4, -0.2) is 43.3 Å². The van der Waals surface area contributed by atoms with Gasteiger partial charge < -0.3 is 14.4 Å². The van der Waals surface area contributed by atoms with Gasteiger partial charge in [-0.1, -0.05) is 12.1 Å². The molecule has 2 aliphatic rings. The quantitative estimate of drug-likeness (QED) is 0.776. The predicted octanol–water partition coefficient (Wildman–Crippen LogP) is 2.37. The lowest BCUT2D eigenvalue weighted by Gasteiger charge is -2.23. The van der Waals surface area contributed by atoms with Crippen LogP contribution in [0.3, 0.4) is 0 Å². The van der Waals surface area contributed by atoms with Gasteiger partial charge in [-0.05, 0) is 37.0 Å². The molecule has 1 amide bonds. The number of rotatable bonds is 7. The summed E-state index contributed by atoms with van der Waals surface area (Å²) in [4.78, 5) is 14.2. The molecule has 120 valence electrons. The van der Waals surface area contributed by atoms with E-state index in [1.54, 1.807) is 12.1 Å². The molecule has 22 heavy (non-hydrogen) atoms. The zero-order valence-electron chi connectivity index (χ0n) is 12.7. The molecular weight excluding hydrogens is 285 g/mol. The highest BCUT2D eigenvalue weighted by Crippen LogP contribution is 2.28. The predicted molar refractivity (Wildman–Crippen MR) is 79.7 cm³/mol. The maximum atomic E-state index is 13.0. The van der Waals surface area contributed by atoms with Crippen molar-refractivity contribution in [2.75, 3.05) is 26.4 Å². The second kappa shape index (κ2) is 7.20. The number of amides is 1. The minimum absolute atomic E-state index is 0.0192. The van der Waals surface area contributed by atoms with Gasteiger partial charge in [0.05, 0.1) is 13.2 Å². The van der Waals surface area contributed by atoms with Crippen molar-refractivity contribution in [3.63, 3.8) is 0 Å². The highest BCUT2D eigenvalue weighted by molar-refractivity contribution is 5.78. The number of hydrogen-bond donors (Lipinski definition) is 0. The molecule has 1 saturated carbocycles. The molecule has 0 bridgehead atoms. The summed E-state index contributed by atoms with van der Waals surface area (Å²) in [6.45, 7) is 2.76. The second-order valence-electron chi connectivity index (χ2n) is 6.12. The standard InChI is InChI=1S/C17H22FNO3/c18-15-3-1-13(2-4-15)9-19(16-5-6-16)17(20)12-22-11-14-7-8-21-10-14/h1-4,14,16H,5-12H2. The fourth-order valence-corrected chi connectivity index (χ4v) is 2.70. The molecule has 0 radical (unpaired) electrons. The van der Waals surface area contributed by atoms with Gasteiger partial charge in [0, 0.05) is 25.1 Å². The van der Waals surface area contributed by atoms with Gasteiger partial charge in [0.2, 0.25) is 5.91 Å². The molecule has 1 aromatic rings. The van der Waals surface area contributed by atoms with Gasteiger partial charge in [0.25, 0.3) is 0 Å². The van der Waals surface area contributed by atoms with Crippen LogP contribution < -0.4 is 0 Å². The Kier molecular flexibility index (Phi) is 5.05. The monoisotopic (exact) mass is 307 g/mol. The van der Waals surface area contributed by atoms with Gasteiger partial charge in [-0.25, -0.2) is 4.39 Å². The van der Waals surface area contributed by atoms with E-state index in [1.807, 2.05) is 4.90 Å². The average molecular weight is 307 g/mol. The molecule has 1 aliphatic carbocycles. The molecular formula is C17H22FNO3. The molecule has 3 rings (SSSR count). The van der Waals surface area contributed by atoms with Crippen LogP contribution in [0.25, 0.3) is 0 Å². The van der Waals surface area contributed by atoms with E-state index >= 15 is 0 Å². The Morgan fingerprint density at radius 1 is 1.27 bits per heavy atom. The lowest BCUT2D eigenvalue weighted by atomic mass is 10.1. The number of carbonyl (C=O) groups is 1. The second-order valence-corrected chi connectivity index (χ2v) is 6.12. The van der Waals surface area contributed by atoms with E-state index in [-0.39, 0.29) is 18.3 Å². The SMILES string of the molecule is O=C(COCC1CCOC1)N(Cc1ccc(F)cc1)C1CC1. The Morgan fingerprint density at radius 3 is 2.68 bits per heavy atom. The van der Waals surface area contributed by atoms with Gasteiger partial charge in [0.15, 0.2) is 0 Å². The van der Waals surface area contributed by atoms with Gasteiger partial charge in [-0.2, -0.15) is 0 Å². The Labute approximate surface area is 130 Å². The van der Waals surface area contributed by atoms with Crippen molar-refractivity contribution in [1.82, 2.24) is 4.90 Å². The van der Waals surface area contributed by atoms with E-state index < -0.39 is 0 Å². The third-order valence-electron chi connectivity index (χ3n) is 4.18. The minimum atomic E-state index is -0.254. The first-order chi connectivity index (χ1) is 10.7. The summed E-state index contributed by atoms with van der Waals surface area (Å²) in [6, 6.07) is 6.64. The normalized spacial score (nSPS) is 21.0. The first-order valence-corrected chi connectivity index (χ1v) is 7.92. The fraction of sp³-hybridized carbons (Fsp3) is 0.588. The largest absolute Gasteiger partial charge is 0.381 e. The minimum Gasteiger partial charge on any atom is -0.381 e. The van der Waals surface area contributed by atoms with Crippen LogP contribution in [0.4, 0.5) is 4.39 Å². The van der Waals surface area contributed by atoms with Crippen molar-refractivity contribution >= 4 is 5.91 Å². The number of nitrogens with zero attached hydrogens (tertiary/aromatic N) is 1. The molecule has 1 unspecified atom stereocenters. The number of hydrogen-bond acceptors (Lipinski definition) is 3. The van der Waals surface area contributed by atoms with E-state index in [0.717, 1.165) is 38.0 Å². The first kappa shape index (κ1) is 15.4. The number of benzene rings is 1. The molecule has 1 aliphatic heterocycles. The third-order valence-corrected chi connectivity index (χ3v) is 4.18. The van der Waals surface area contributed by atoms with Crippen molar-refractivity contribution in [1.29, 1.82) is 0 Å². The molecule has 0 aromatic heterocycles. The molecule has 1 saturated heterocycles. The van der Waals surface area contributed by atoms with Crippen LogP contribution in [0.5, 0.6) is 0 Å². The van der Waals surface area contributed by atoms with E-state index in [2.05, 4.69) is 0 Å². The number of carbonyl (C=O) groups excluding carboxylic acids is 1. The van der Waals surface area contributed by atoms with Crippen LogP contribution in [-0.2, 0) is 20.8 Å². The third kappa shape index (κ3) is 4.27. The lowest BCUT2D eigenvalue weighted by Crippen LogP contribution is -2.35.